The quantitative estimate of drug-likeness (QED) is 0.676. The summed E-state index contributed by atoms with van der Waals surface area (Å²) in [6.07, 6.45) is 4.51. The summed E-state index contributed by atoms with van der Waals surface area (Å²) < 4.78 is 0. The number of aromatic nitrogens is 2. The topological polar surface area (TPSA) is 78.6 Å². The minimum atomic E-state index is 0.00423. The van der Waals surface area contributed by atoms with Gasteiger partial charge < -0.3 is 10.2 Å². The lowest BCUT2D eigenvalue weighted by molar-refractivity contribution is 0.461. The largest absolute Gasteiger partial charge is 0.508 e. The number of phenols is 2. The molecule has 5 nitrogen and oxygen atoms in total. The molecule has 112 valence electrons. The van der Waals surface area contributed by atoms with E-state index in [1.807, 2.05) is 36.4 Å². The van der Waals surface area contributed by atoms with E-state index in [9.17, 15) is 10.2 Å². The van der Waals surface area contributed by atoms with Gasteiger partial charge in [-0.25, -0.2) is 15.0 Å². The maximum absolute atomic E-state index is 9.91. The standard InChI is InChI=1S/C18H13N3O2/c22-11-8-9-17(23)16(10-11)20-15-7-3-6-14-18(15)21-13-5-2-1-4-12(13)19-14/h1-5,7-10,22-23H,6H2. The monoisotopic (exact) mass is 303 g/mol. The van der Waals surface area contributed by atoms with Crippen molar-refractivity contribution in [3.05, 3.63) is 66.0 Å². The Balaban J connectivity index is 1.90. The molecule has 0 fully saturated rings. The Morgan fingerprint density at radius 2 is 1.74 bits per heavy atom. The first-order valence-electron chi connectivity index (χ1n) is 7.24. The average Bonchev–Trinajstić information content (AvgIpc) is 2.57. The van der Waals surface area contributed by atoms with Crippen molar-refractivity contribution in [3.8, 4) is 11.5 Å². The van der Waals surface area contributed by atoms with Crippen LogP contribution in [0.1, 0.15) is 11.4 Å². The number of nitrogens with zero attached hydrogens (tertiary/aromatic N) is 3. The summed E-state index contributed by atoms with van der Waals surface area (Å²) in [5, 5.41) is 19.5. The fraction of sp³-hybridized carbons (Fsp3) is 0.0556. The van der Waals surface area contributed by atoms with E-state index in [0.717, 1.165) is 16.7 Å². The predicted octanol–water partition coefficient (Wildman–Crippen LogP) is 3.27. The first kappa shape index (κ1) is 13.5. The highest BCUT2D eigenvalue weighted by molar-refractivity contribution is 6.11. The average molecular weight is 303 g/mol. The van der Waals surface area contributed by atoms with Crippen LogP contribution in [0.5, 0.6) is 11.5 Å². The molecular formula is C18H13N3O2. The third-order valence-electron chi connectivity index (χ3n) is 3.67. The highest BCUT2D eigenvalue weighted by atomic mass is 16.3. The Morgan fingerprint density at radius 1 is 0.957 bits per heavy atom. The third kappa shape index (κ3) is 2.42. The van der Waals surface area contributed by atoms with Gasteiger partial charge >= 0.3 is 0 Å². The van der Waals surface area contributed by atoms with Gasteiger partial charge in [-0.3, -0.25) is 0 Å². The van der Waals surface area contributed by atoms with Crippen LogP contribution >= 0.6 is 0 Å². The van der Waals surface area contributed by atoms with Crippen molar-refractivity contribution in [1.29, 1.82) is 0 Å². The van der Waals surface area contributed by atoms with E-state index < -0.39 is 0 Å². The Morgan fingerprint density at radius 3 is 2.57 bits per heavy atom. The van der Waals surface area contributed by atoms with E-state index in [1.54, 1.807) is 0 Å². The van der Waals surface area contributed by atoms with Crippen molar-refractivity contribution in [2.45, 2.75) is 6.42 Å². The zero-order chi connectivity index (χ0) is 15.8. The molecule has 0 amide bonds. The van der Waals surface area contributed by atoms with Crippen LogP contribution in [0, 0.1) is 0 Å². The molecule has 23 heavy (non-hydrogen) atoms. The fourth-order valence-electron chi connectivity index (χ4n) is 2.57. The van der Waals surface area contributed by atoms with Crippen molar-refractivity contribution in [2.24, 2.45) is 4.99 Å². The molecule has 0 saturated heterocycles. The lowest BCUT2D eigenvalue weighted by Crippen LogP contribution is -2.11. The molecule has 1 aliphatic carbocycles. The van der Waals surface area contributed by atoms with Crippen LogP contribution < -0.4 is 0 Å². The number of rotatable bonds is 1. The Bertz CT molecular complexity index is 977. The molecule has 4 rings (SSSR count). The van der Waals surface area contributed by atoms with E-state index in [-0.39, 0.29) is 11.5 Å². The van der Waals surface area contributed by atoms with E-state index >= 15 is 0 Å². The summed E-state index contributed by atoms with van der Waals surface area (Å²) in [5.74, 6) is 0.0522. The second-order valence-electron chi connectivity index (χ2n) is 5.28. The Kier molecular flexibility index (Phi) is 3.05. The summed E-state index contributed by atoms with van der Waals surface area (Å²) in [4.78, 5) is 13.7. The molecule has 0 unspecified atom stereocenters. The molecule has 0 saturated carbocycles. The highest BCUT2D eigenvalue weighted by Crippen LogP contribution is 2.31. The SMILES string of the molecule is Oc1ccc(O)c(N=C2C=CCc3nc4ccccc4nc32)c1. The van der Waals surface area contributed by atoms with Gasteiger partial charge in [-0.1, -0.05) is 18.2 Å². The van der Waals surface area contributed by atoms with Crippen LogP contribution in [0.15, 0.2) is 59.6 Å². The van der Waals surface area contributed by atoms with Crippen molar-refractivity contribution in [2.75, 3.05) is 0 Å². The summed E-state index contributed by atoms with van der Waals surface area (Å²) in [5.41, 5.74) is 4.12. The smallest absolute Gasteiger partial charge is 0.141 e. The van der Waals surface area contributed by atoms with Gasteiger partial charge in [0, 0.05) is 12.5 Å². The zero-order valence-electron chi connectivity index (χ0n) is 12.1. The molecule has 3 aromatic rings. The molecule has 2 aromatic carbocycles. The summed E-state index contributed by atoms with van der Waals surface area (Å²) in [6, 6.07) is 11.9. The number of phenolic OH excluding ortho intramolecular Hbond substituents is 2. The number of para-hydroxylation sites is 2. The first-order valence-corrected chi connectivity index (χ1v) is 7.24. The van der Waals surface area contributed by atoms with Crippen LogP contribution in [-0.4, -0.2) is 25.9 Å². The molecule has 0 spiro atoms. The van der Waals surface area contributed by atoms with Crippen LogP contribution in [0.3, 0.4) is 0 Å². The number of fused-ring (bicyclic) bond motifs is 2. The van der Waals surface area contributed by atoms with Crippen LogP contribution in [0.4, 0.5) is 5.69 Å². The van der Waals surface area contributed by atoms with Crippen LogP contribution in [0.2, 0.25) is 0 Å². The lowest BCUT2D eigenvalue weighted by atomic mass is 10.0. The van der Waals surface area contributed by atoms with E-state index in [4.69, 9.17) is 0 Å². The minimum Gasteiger partial charge on any atom is -0.508 e. The van der Waals surface area contributed by atoms with E-state index in [1.165, 1.54) is 18.2 Å². The number of allylic oxidation sites excluding steroid dienone is 2. The van der Waals surface area contributed by atoms with Gasteiger partial charge in [-0.2, -0.15) is 0 Å². The number of hydrogen-bond donors (Lipinski definition) is 2. The van der Waals surface area contributed by atoms with E-state index in [0.29, 0.717) is 23.5 Å². The van der Waals surface area contributed by atoms with Crippen molar-refractivity contribution in [3.63, 3.8) is 0 Å². The molecule has 5 heteroatoms. The zero-order valence-corrected chi connectivity index (χ0v) is 12.1. The molecule has 0 bridgehead atoms. The molecule has 0 atom stereocenters. The summed E-state index contributed by atoms with van der Waals surface area (Å²) >= 11 is 0. The van der Waals surface area contributed by atoms with Crippen LogP contribution in [-0.2, 0) is 6.42 Å². The van der Waals surface area contributed by atoms with Crippen LogP contribution in [0.25, 0.3) is 11.0 Å². The molecule has 0 radical (unpaired) electrons. The van der Waals surface area contributed by atoms with Gasteiger partial charge in [-0.05, 0) is 30.3 Å². The number of benzene rings is 2. The molecule has 1 heterocycles. The van der Waals surface area contributed by atoms with Gasteiger partial charge in [0.2, 0.25) is 0 Å². The lowest BCUT2D eigenvalue weighted by Gasteiger charge is -2.13. The molecule has 0 aliphatic heterocycles. The van der Waals surface area contributed by atoms with Crippen molar-refractivity contribution in [1.82, 2.24) is 9.97 Å². The fourth-order valence-corrected chi connectivity index (χ4v) is 2.57. The first-order chi connectivity index (χ1) is 11.2. The minimum absolute atomic E-state index is 0.00423. The Labute approximate surface area is 132 Å². The molecule has 2 N–H and O–H groups in total. The van der Waals surface area contributed by atoms with Crippen molar-refractivity contribution >= 4 is 22.4 Å². The predicted molar refractivity (Wildman–Crippen MR) is 88.4 cm³/mol. The number of aromatic hydroxyl groups is 2. The van der Waals surface area contributed by atoms with Gasteiger partial charge in [-0.15, -0.1) is 0 Å². The van der Waals surface area contributed by atoms with Gasteiger partial charge in [0.05, 0.1) is 22.4 Å². The second-order valence-corrected chi connectivity index (χ2v) is 5.28. The maximum Gasteiger partial charge on any atom is 0.141 e. The Hall–Kier alpha value is -3.21. The normalized spacial score (nSPS) is 15.0. The van der Waals surface area contributed by atoms with E-state index in [2.05, 4.69) is 15.0 Å². The third-order valence-corrected chi connectivity index (χ3v) is 3.67. The number of hydrogen-bond acceptors (Lipinski definition) is 5. The van der Waals surface area contributed by atoms with Gasteiger partial charge in [0.1, 0.15) is 22.9 Å². The maximum atomic E-state index is 9.91. The molecule has 1 aromatic heterocycles. The van der Waals surface area contributed by atoms with Gasteiger partial charge in [0.15, 0.2) is 0 Å². The summed E-state index contributed by atoms with van der Waals surface area (Å²) in [7, 11) is 0. The highest BCUT2D eigenvalue weighted by Gasteiger charge is 2.16. The molecule has 1 aliphatic rings. The van der Waals surface area contributed by atoms with Gasteiger partial charge in [0.25, 0.3) is 0 Å². The van der Waals surface area contributed by atoms with Crippen molar-refractivity contribution < 1.29 is 10.2 Å². The molecular weight excluding hydrogens is 290 g/mol. The number of aliphatic imine (C=N–C) groups is 1. The summed E-state index contributed by atoms with van der Waals surface area (Å²) in [6.45, 7) is 0. The second kappa shape index (κ2) is 5.21.